The first-order valence-electron chi connectivity index (χ1n) is 6.59. The minimum Gasteiger partial charge on any atom is -0.468 e. The van der Waals surface area contributed by atoms with Gasteiger partial charge in [0.2, 0.25) is 0 Å². The standard InChI is InChI=1S/C16H19NO3/c1-11(18)15(16(19)20-2)17-10-12-7-8-13-5-3-4-6-14(13)9-12/h3-9,11,15,17-18H,10H2,1-2H3. The summed E-state index contributed by atoms with van der Waals surface area (Å²) in [6.07, 6.45) is -0.803. The largest absolute Gasteiger partial charge is 0.468 e. The highest BCUT2D eigenvalue weighted by atomic mass is 16.5. The van der Waals surface area contributed by atoms with Crippen molar-refractivity contribution in [2.45, 2.75) is 25.6 Å². The molecule has 2 unspecified atom stereocenters. The van der Waals surface area contributed by atoms with E-state index in [0.29, 0.717) is 6.54 Å². The van der Waals surface area contributed by atoms with Crippen LogP contribution in [-0.4, -0.2) is 30.3 Å². The van der Waals surface area contributed by atoms with Gasteiger partial charge in [-0.1, -0.05) is 36.4 Å². The summed E-state index contributed by atoms with van der Waals surface area (Å²) >= 11 is 0. The van der Waals surface area contributed by atoms with Gasteiger partial charge in [-0.3, -0.25) is 10.1 Å². The molecule has 20 heavy (non-hydrogen) atoms. The maximum atomic E-state index is 11.5. The van der Waals surface area contributed by atoms with E-state index in [2.05, 4.69) is 22.2 Å². The number of methoxy groups -OCH3 is 1. The number of carbonyl (C=O) groups is 1. The number of esters is 1. The molecule has 2 rings (SSSR count). The Kier molecular flexibility index (Phi) is 4.71. The topological polar surface area (TPSA) is 58.6 Å². The highest BCUT2D eigenvalue weighted by Crippen LogP contribution is 2.15. The van der Waals surface area contributed by atoms with Gasteiger partial charge in [-0.2, -0.15) is 0 Å². The monoisotopic (exact) mass is 273 g/mol. The summed E-state index contributed by atoms with van der Waals surface area (Å²) < 4.78 is 4.67. The molecule has 0 heterocycles. The molecule has 0 saturated heterocycles. The van der Waals surface area contributed by atoms with E-state index in [1.54, 1.807) is 6.92 Å². The van der Waals surface area contributed by atoms with Gasteiger partial charge >= 0.3 is 5.97 Å². The van der Waals surface area contributed by atoms with Crippen LogP contribution >= 0.6 is 0 Å². The summed E-state index contributed by atoms with van der Waals surface area (Å²) in [6, 6.07) is 13.5. The van der Waals surface area contributed by atoms with E-state index in [1.165, 1.54) is 12.5 Å². The van der Waals surface area contributed by atoms with Crippen molar-refractivity contribution in [1.82, 2.24) is 5.32 Å². The SMILES string of the molecule is COC(=O)C(NCc1ccc2ccccc2c1)C(C)O. The lowest BCUT2D eigenvalue weighted by molar-refractivity contribution is -0.145. The Balaban J connectivity index is 2.09. The van der Waals surface area contributed by atoms with E-state index in [-0.39, 0.29) is 0 Å². The Bertz CT molecular complexity index is 595. The van der Waals surface area contributed by atoms with Crippen LogP contribution < -0.4 is 5.32 Å². The fraction of sp³-hybridized carbons (Fsp3) is 0.312. The highest BCUT2D eigenvalue weighted by molar-refractivity contribution is 5.83. The fourth-order valence-corrected chi connectivity index (χ4v) is 2.15. The maximum Gasteiger partial charge on any atom is 0.325 e. The molecule has 0 bridgehead atoms. The zero-order chi connectivity index (χ0) is 14.5. The second-order valence-corrected chi connectivity index (χ2v) is 4.80. The average molecular weight is 273 g/mol. The zero-order valence-electron chi connectivity index (χ0n) is 11.7. The van der Waals surface area contributed by atoms with Crippen LogP contribution in [0.2, 0.25) is 0 Å². The van der Waals surface area contributed by atoms with Crippen molar-refractivity contribution in [3.05, 3.63) is 48.0 Å². The van der Waals surface area contributed by atoms with Gasteiger partial charge < -0.3 is 9.84 Å². The summed E-state index contributed by atoms with van der Waals surface area (Å²) in [6.45, 7) is 2.06. The van der Waals surface area contributed by atoms with E-state index in [1.807, 2.05) is 30.3 Å². The molecule has 0 fully saturated rings. The molecule has 0 saturated carbocycles. The summed E-state index contributed by atoms with van der Waals surface area (Å²) in [4.78, 5) is 11.5. The Morgan fingerprint density at radius 1 is 1.25 bits per heavy atom. The van der Waals surface area contributed by atoms with Crippen LogP contribution in [0.15, 0.2) is 42.5 Å². The lowest BCUT2D eigenvalue weighted by atomic mass is 10.1. The van der Waals surface area contributed by atoms with Crippen molar-refractivity contribution in [1.29, 1.82) is 0 Å². The van der Waals surface area contributed by atoms with Crippen molar-refractivity contribution in [2.24, 2.45) is 0 Å². The van der Waals surface area contributed by atoms with Crippen molar-refractivity contribution < 1.29 is 14.6 Å². The number of carbonyl (C=O) groups excluding carboxylic acids is 1. The van der Waals surface area contributed by atoms with Gasteiger partial charge in [0.1, 0.15) is 6.04 Å². The Labute approximate surface area is 118 Å². The smallest absolute Gasteiger partial charge is 0.325 e. The van der Waals surface area contributed by atoms with Gasteiger partial charge in [-0.15, -0.1) is 0 Å². The molecule has 0 aliphatic rings. The van der Waals surface area contributed by atoms with Crippen LogP contribution in [0.4, 0.5) is 0 Å². The van der Waals surface area contributed by atoms with E-state index in [0.717, 1.165) is 10.9 Å². The van der Waals surface area contributed by atoms with Crippen LogP contribution in [0.5, 0.6) is 0 Å². The Morgan fingerprint density at radius 2 is 1.95 bits per heavy atom. The van der Waals surface area contributed by atoms with Crippen LogP contribution in [0.1, 0.15) is 12.5 Å². The fourth-order valence-electron chi connectivity index (χ4n) is 2.15. The summed E-state index contributed by atoms with van der Waals surface area (Å²) in [5.74, 6) is -0.458. The third kappa shape index (κ3) is 3.35. The zero-order valence-corrected chi connectivity index (χ0v) is 11.7. The lowest BCUT2D eigenvalue weighted by Crippen LogP contribution is -2.45. The van der Waals surface area contributed by atoms with Crippen molar-refractivity contribution >= 4 is 16.7 Å². The highest BCUT2D eigenvalue weighted by Gasteiger charge is 2.23. The molecule has 2 N–H and O–H groups in total. The van der Waals surface area contributed by atoms with Crippen molar-refractivity contribution in [3.8, 4) is 0 Å². The third-order valence-corrected chi connectivity index (χ3v) is 3.28. The van der Waals surface area contributed by atoms with Crippen LogP contribution in [0, 0.1) is 0 Å². The van der Waals surface area contributed by atoms with E-state index >= 15 is 0 Å². The molecule has 0 aliphatic heterocycles. The summed E-state index contributed by atoms with van der Waals surface area (Å²) in [7, 11) is 1.31. The molecular formula is C16H19NO3. The number of aliphatic hydroxyl groups is 1. The van der Waals surface area contributed by atoms with E-state index in [4.69, 9.17) is 0 Å². The van der Waals surface area contributed by atoms with Gasteiger partial charge in [0.15, 0.2) is 0 Å². The predicted molar refractivity (Wildman–Crippen MR) is 78.3 cm³/mol. The molecule has 0 aliphatic carbocycles. The molecule has 2 aromatic rings. The number of hydrogen-bond donors (Lipinski definition) is 2. The minimum absolute atomic E-state index is 0.458. The number of aliphatic hydroxyl groups excluding tert-OH is 1. The molecule has 4 heteroatoms. The number of hydrogen-bond acceptors (Lipinski definition) is 4. The average Bonchev–Trinajstić information content (AvgIpc) is 2.46. The van der Waals surface area contributed by atoms with Crippen LogP contribution in [-0.2, 0) is 16.1 Å². The molecule has 2 atom stereocenters. The first kappa shape index (κ1) is 14.5. The number of benzene rings is 2. The van der Waals surface area contributed by atoms with Gasteiger partial charge in [-0.25, -0.2) is 0 Å². The maximum absolute atomic E-state index is 11.5. The number of fused-ring (bicyclic) bond motifs is 1. The van der Waals surface area contributed by atoms with E-state index in [9.17, 15) is 9.90 Å². The van der Waals surface area contributed by atoms with Gasteiger partial charge in [0.25, 0.3) is 0 Å². The number of nitrogens with one attached hydrogen (secondary N) is 1. The van der Waals surface area contributed by atoms with Gasteiger partial charge in [0.05, 0.1) is 13.2 Å². The van der Waals surface area contributed by atoms with E-state index < -0.39 is 18.1 Å². The molecule has 0 radical (unpaired) electrons. The first-order chi connectivity index (χ1) is 9.61. The van der Waals surface area contributed by atoms with Crippen molar-refractivity contribution in [3.63, 3.8) is 0 Å². The van der Waals surface area contributed by atoms with Crippen LogP contribution in [0.25, 0.3) is 10.8 Å². The molecule has 0 spiro atoms. The lowest BCUT2D eigenvalue weighted by Gasteiger charge is -2.19. The molecule has 4 nitrogen and oxygen atoms in total. The Morgan fingerprint density at radius 3 is 2.60 bits per heavy atom. The summed E-state index contributed by atoms with van der Waals surface area (Å²) in [5.41, 5.74) is 1.05. The van der Waals surface area contributed by atoms with Crippen molar-refractivity contribution in [2.75, 3.05) is 7.11 Å². The molecule has 2 aromatic carbocycles. The quantitative estimate of drug-likeness (QED) is 0.816. The third-order valence-electron chi connectivity index (χ3n) is 3.28. The molecule has 0 aromatic heterocycles. The second kappa shape index (κ2) is 6.50. The molecule has 0 amide bonds. The normalized spacial score (nSPS) is 13.9. The first-order valence-corrected chi connectivity index (χ1v) is 6.59. The molecule has 106 valence electrons. The second-order valence-electron chi connectivity index (χ2n) is 4.80. The summed E-state index contributed by atoms with van der Waals surface area (Å²) in [5, 5.41) is 15.0. The predicted octanol–water partition coefficient (Wildman–Crippen LogP) is 1.85. The number of rotatable bonds is 5. The van der Waals surface area contributed by atoms with Gasteiger partial charge in [0, 0.05) is 6.54 Å². The number of ether oxygens (including phenoxy) is 1. The molecular weight excluding hydrogens is 254 g/mol. The minimum atomic E-state index is -0.803. The van der Waals surface area contributed by atoms with Gasteiger partial charge in [-0.05, 0) is 29.3 Å². The van der Waals surface area contributed by atoms with Crippen LogP contribution in [0.3, 0.4) is 0 Å². The Hall–Kier alpha value is -1.91.